The number of hydrogen-bond acceptors (Lipinski definition) is 3. The number of nitrogens with zero attached hydrogens (tertiary/aromatic N) is 3. The van der Waals surface area contributed by atoms with Crippen molar-refractivity contribution in [2.24, 2.45) is 0 Å². The van der Waals surface area contributed by atoms with Gasteiger partial charge in [0.25, 0.3) is 5.56 Å². The lowest BCUT2D eigenvalue weighted by atomic mass is 10.2. The van der Waals surface area contributed by atoms with Gasteiger partial charge >= 0.3 is 0 Å². The number of ether oxygens (including phenoxy) is 1. The number of hydrogen-bond donors (Lipinski definition) is 0. The van der Waals surface area contributed by atoms with Crippen molar-refractivity contribution in [1.29, 1.82) is 0 Å². The molecule has 21 heavy (non-hydrogen) atoms. The largest absolute Gasteiger partial charge is 0.376 e. The number of fused-ring (bicyclic) bond motifs is 1. The Morgan fingerprint density at radius 2 is 2.05 bits per heavy atom. The molecule has 2 aromatic heterocycles. The molecule has 5 nitrogen and oxygen atoms in total. The molecule has 0 aliphatic carbocycles. The van der Waals surface area contributed by atoms with Gasteiger partial charge in [-0.05, 0) is 39.1 Å². The first kappa shape index (κ1) is 14.4. The lowest BCUT2D eigenvalue weighted by molar-refractivity contribution is 0.0963. The van der Waals surface area contributed by atoms with E-state index < -0.39 is 0 Å². The zero-order valence-electron chi connectivity index (χ0n) is 12.8. The van der Waals surface area contributed by atoms with Crippen molar-refractivity contribution in [2.75, 3.05) is 27.2 Å². The van der Waals surface area contributed by atoms with E-state index in [1.807, 2.05) is 38.6 Å². The average Bonchev–Trinajstić information content (AvgIpc) is 3.09. The van der Waals surface area contributed by atoms with Gasteiger partial charge in [-0.15, -0.1) is 0 Å². The molecule has 114 valence electrons. The van der Waals surface area contributed by atoms with Crippen LogP contribution in [0.25, 0.3) is 10.9 Å². The Balaban J connectivity index is 1.90. The molecule has 1 aliphatic rings. The maximum atomic E-state index is 12.7. The van der Waals surface area contributed by atoms with Crippen LogP contribution in [0.4, 0.5) is 0 Å². The Morgan fingerprint density at radius 3 is 2.71 bits per heavy atom. The van der Waals surface area contributed by atoms with Crippen LogP contribution in [0.2, 0.25) is 0 Å². The summed E-state index contributed by atoms with van der Waals surface area (Å²) in [5.41, 5.74) is 0.893. The lowest BCUT2D eigenvalue weighted by Gasteiger charge is -2.14. The van der Waals surface area contributed by atoms with Crippen LogP contribution in [0, 0.1) is 0 Å². The first-order valence-electron chi connectivity index (χ1n) is 7.60. The molecule has 0 aromatic carbocycles. The minimum absolute atomic E-state index is 0.0896. The average molecular weight is 289 g/mol. The molecule has 0 radical (unpaired) electrons. The normalized spacial score (nSPS) is 18.9. The van der Waals surface area contributed by atoms with Gasteiger partial charge in [0.1, 0.15) is 5.52 Å². The molecule has 2 aromatic rings. The molecule has 1 fully saturated rings. The van der Waals surface area contributed by atoms with Crippen molar-refractivity contribution < 1.29 is 4.74 Å². The summed E-state index contributed by atoms with van der Waals surface area (Å²) >= 11 is 0. The fourth-order valence-electron chi connectivity index (χ4n) is 2.89. The fourth-order valence-corrected chi connectivity index (χ4v) is 2.89. The molecule has 0 N–H and O–H groups in total. The summed E-state index contributed by atoms with van der Waals surface area (Å²) in [5.74, 6) is 0. The molecular formula is C16H23N3O2. The second kappa shape index (κ2) is 6.03. The Hall–Kier alpha value is -1.59. The van der Waals surface area contributed by atoms with Crippen molar-refractivity contribution in [2.45, 2.75) is 32.0 Å². The number of aromatic nitrogens is 2. The zero-order chi connectivity index (χ0) is 14.8. The van der Waals surface area contributed by atoms with Gasteiger partial charge in [-0.1, -0.05) is 0 Å². The highest BCUT2D eigenvalue weighted by atomic mass is 16.5. The van der Waals surface area contributed by atoms with Crippen LogP contribution < -0.4 is 5.56 Å². The van der Waals surface area contributed by atoms with Crippen molar-refractivity contribution in [3.8, 4) is 0 Å². The quantitative estimate of drug-likeness (QED) is 0.838. The smallest absolute Gasteiger partial charge is 0.275 e. The van der Waals surface area contributed by atoms with E-state index >= 15 is 0 Å². The second-order valence-electron chi connectivity index (χ2n) is 6.02. The number of likely N-dealkylation sites (N-methyl/N-ethyl adjacent to an activating group) is 1. The van der Waals surface area contributed by atoms with Crippen molar-refractivity contribution >= 4 is 10.9 Å². The first-order chi connectivity index (χ1) is 10.1. The Bertz CT molecular complexity index is 666. The fraction of sp³-hybridized carbons (Fsp3) is 0.562. The second-order valence-corrected chi connectivity index (χ2v) is 6.02. The highest BCUT2D eigenvalue weighted by Gasteiger charge is 2.17. The van der Waals surface area contributed by atoms with Gasteiger partial charge in [0.05, 0.1) is 12.6 Å². The highest BCUT2D eigenvalue weighted by Crippen LogP contribution is 2.15. The molecule has 1 saturated heterocycles. The SMILES string of the molecule is CN(C)CCn1ccc2ccn(CC3CCCO3)c(=O)c21. The van der Waals surface area contributed by atoms with E-state index in [9.17, 15) is 4.79 Å². The topological polar surface area (TPSA) is 39.4 Å². The van der Waals surface area contributed by atoms with Crippen LogP contribution in [-0.4, -0.2) is 47.4 Å². The minimum Gasteiger partial charge on any atom is -0.376 e. The van der Waals surface area contributed by atoms with E-state index in [-0.39, 0.29) is 11.7 Å². The molecule has 3 rings (SSSR count). The summed E-state index contributed by atoms with van der Waals surface area (Å²) in [6, 6.07) is 4.04. The summed E-state index contributed by atoms with van der Waals surface area (Å²) in [4.78, 5) is 14.8. The van der Waals surface area contributed by atoms with Gasteiger partial charge in [0.15, 0.2) is 0 Å². The Kier molecular flexibility index (Phi) is 4.12. The number of rotatable bonds is 5. The lowest BCUT2D eigenvalue weighted by Crippen LogP contribution is -2.27. The summed E-state index contributed by atoms with van der Waals surface area (Å²) in [5, 5.41) is 1.02. The van der Waals surface area contributed by atoms with Crippen LogP contribution in [0.15, 0.2) is 29.3 Å². The van der Waals surface area contributed by atoms with Gasteiger partial charge < -0.3 is 18.8 Å². The Labute approximate surface area is 124 Å². The van der Waals surface area contributed by atoms with Crippen LogP contribution in [0.1, 0.15) is 12.8 Å². The van der Waals surface area contributed by atoms with Crippen molar-refractivity contribution in [3.05, 3.63) is 34.9 Å². The van der Waals surface area contributed by atoms with Gasteiger partial charge in [0, 0.05) is 37.5 Å². The molecule has 3 heterocycles. The molecule has 0 amide bonds. The van der Waals surface area contributed by atoms with Gasteiger partial charge in [-0.3, -0.25) is 4.79 Å². The van der Waals surface area contributed by atoms with Crippen LogP contribution >= 0.6 is 0 Å². The third-order valence-electron chi connectivity index (χ3n) is 4.10. The maximum Gasteiger partial charge on any atom is 0.275 e. The number of pyridine rings is 1. The molecule has 5 heteroatoms. The molecule has 0 spiro atoms. The molecule has 1 atom stereocenters. The van der Waals surface area contributed by atoms with Crippen molar-refractivity contribution in [3.63, 3.8) is 0 Å². The summed E-state index contributed by atoms with van der Waals surface area (Å²) in [6.07, 6.45) is 6.23. The van der Waals surface area contributed by atoms with Crippen LogP contribution in [-0.2, 0) is 17.8 Å². The first-order valence-corrected chi connectivity index (χ1v) is 7.60. The van der Waals surface area contributed by atoms with Gasteiger partial charge in [-0.25, -0.2) is 0 Å². The molecule has 0 saturated carbocycles. The monoisotopic (exact) mass is 289 g/mol. The third-order valence-corrected chi connectivity index (χ3v) is 4.10. The summed E-state index contributed by atoms with van der Waals surface area (Å²) in [7, 11) is 4.09. The van der Waals surface area contributed by atoms with E-state index in [1.54, 1.807) is 4.57 Å². The Morgan fingerprint density at radius 1 is 1.29 bits per heavy atom. The van der Waals surface area contributed by atoms with Crippen molar-refractivity contribution in [1.82, 2.24) is 14.0 Å². The third kappa shape index (κ3) is 3.04. The van der Waals surface area contributed by atoms with E-state index in [2.05, 4.69) is 9.47 Å². The summed E-state index contributed by atoms with van der Waals surface area (Å²) < 4.78 is 9.50. The molecule has 0 bridgehead atoms. The predicted molar refractivity (Wildman–Crippen MR) is 83.7 cm³/mol. The molecule has 1 aliphatic heterocycles. The minimum atomic E-state index is 0.0896. The van der Waals surface area contributed by atoms with Crippen LogP contribution in [0.3, 0.4) is 0 Å². The predicted octanol–water partition coefficient (Wildman–Crippen LogP) is 1.54. The van der Waals surface area contributed by atoms with Gasteiger partial charge in [0.2, 0.25) is 0 Å². The van der Waals surface area contributed by atoms with Crippen LogP contribution in [0.5, 0.6) is 0 Å². The highest BCUT2D eigenvalue weighted by molar-refractivity contribution is 5.78. The van der Waals surface area contributed by atoms with E-state index in [4.69, 9.17) is 4.74 Å². The van der Waals surface area contributed by atoms with E-state index in [1.165, 1.54) is 0 Å². The zero-order valence-corrected chi connectivity index (χ0v) is 12.8. The maximum absolute atomic E-state index is 12.7. The van der Waals surface area contributed by atoms with E-state index in [0.717, 1.165) is 43.4 Å². The summed E-state index contributed by atoms with van der Waals surface area (Å²) in [6.45, 7) is 3.23. The molecule has 1 unspecified atom stereocenters. The van der Waals surface area contributed by atoms with Gasteiger partial charge in [-0.2, -0.15) is 0 Å². The van der Waals surface area contributed by atoms with E-state index in [0.29, 0.717) is 6.54 Å². The standard InChI is InChI=1S/C16H23N3O2/c1-17(2)9-10-18-7-5-13-6-8-19(16(20)15(13)18)12-14-4-3-11-21-14/h5-8,14H,3-4,9-12H2,1-2H3. The molecular weight excluding hydrogens is 266 g/mol.